The number of hydrogen-bond acceptors (Lipinski definition) is 4. The van der Waals surface area contributed by atoms with Crippen LogP contribution in [0.15, 0.2) is 10.9 Å². The first kappa shape index (κ1) is 12.7. The normalized spacial score (nSPS) is 10.8. The molecule has 0 atom stereocenters. The summed E-state index contributed by atoms with van der Waals surface area (Å²) in [5.41, 5.74) is 5.45. The number of hydrogen-bond donors (Lipinski definition) is 2. The average Bonchev–Trinajstić information content (AvgIpc) is 2.14. The summed E-state index contributed by atoms with van der Waals surface area (Å²) in [6.45, 7) is 8.16. The average molecular weight is 224 g/mol. The number of H-pyrrole nitrogens is 1. The van der Waals surface area contributed by atoms with Crippen LogP contribution in [0.4, 0.5) is 5.82 Å². The smallest absolute Gasteiger partial charge is 0.252 e. The number of nitrogens with one attached hydrogen (secondary N) is 1. The molecule has 0 aliphatic heterocycles. The number of nitrogens with two attached hydrogens (primary N) is 1. The van der Waals surface area contributed by atoms with Gasteiger partial charge in [-0.2, -0.15) is 0 Å². The van der Waals surface area contributed by atoms with Crippen molar-refractivity contribution in [3.05, 3.63) is 22.2 Å². The maximum absolute atomic E-state index is 11.4. The third kappa shape index (κ3) is 3.66. The van der Waals surface area contributed by atoms with Gasteiger partial charge in [0.1, 0.15) is 11.6 Å². The number of aryl methyl sites for hydroxylation is 1. The Bertz CT molecular complexity index is 386. The van der Waals surface area contributed by atoms with E-state index >= 15 is 0 Å². The molecule has 0 aliphatic carbocycles. The fraction of sp³-hybridized carbons (Fsp3) is 0.636. The van der Waals surface area contributed by atoms with Gasteiger partial charge in [-0.25, -0.2) is 4.98 Å². The summed E-state index contributed by atoms with van der Waals surface area (Å²) >= 11 is 0. The summed E-state index contributed by atoms with van der Waals surface area (Å²) in [7, 11) is 0. The lowest BCUT2D eigenvalue weighted by Gasteiger charge is -2.24. The van der Waals surface area contributed by atoms with E-state index in [9.17, 15) is 4.79 Å². The minimum Gasteiger partial charge on any atom is -0.355 e. The Kier molecular flexibility index (Phi) is 4.49. The minimum absolute atomic E-state index is 0.117. The zero-order valence-corrected chi connectivity index (χ0v) is 10.2. The van der Waals surface area contributed by atoms with Gasteiger partial charge in [-0.1, -0.05) is 13.8 Å². The number of aromatic amines is 1. The van der Waals surface area contributed by atoms with Crippen LogP contribution in [-0.2, 0) is 0 Å². The molecule has 0 spiro atoms. The summed E-state index contributed by atoms with van der Waals surface area (Å²) in [4.78, 5) is 20.4. The van der Waals surface area contributed by atoms with Crippen LogP contribution in [0.25, 0.3) is 0 Å². The van der Waals surface area contributed by atoms with E-state index in [0.717, 1.165) is 6.54 Å². The second kappa shape index (κ2) is 5.65. The Morgan fingerprint density at radius 3 is 2.75 bits per heavy atom. The van der Waals surface area contributed by atoms with E-state index in [1.807, 2.05) is 4.90 Å². The van der Waals surface area contributed by atoms with Crippen LogP contribution in [0.2, 0.25) is 0 Å². The standard InChI is InChI=1S/C11H20N4O/c1-8(2)7-15(5-4-12)10-6-11(16)14-9(3)13-10/h6,8H,4-5,7,12H2,1-3H3,(H,13,14,16). The van der Waals surface area contributed by atoms with Crippen LogP contribution in [0, 0.1) is 12.8 Å². The second-order valence-electron chi connectivity index (χ2n) is 4.32. The zero-order chi connectivity index (χ0) is 12.1. The van der Waals surface area contributed by atoms with E-state index in [-0.39, 0.29) is 5.56 Å². The molecule has 0 aliphatic rings. The van der Waals surface area contributed by atoms with Crippen molar-refractivity contribution in [2.45, 2.75) is 20.8 Å². The van der Waals surface area contributed by atoms with Crippen molar-refractivity contribution in [1.29, 1.82) is 0 Å². The summed E-state index contributed by atoms with van der Waals surface area (Å²) in [6.07, 6.45) is 0. The van der Waals surface area contributed by atoms with Crippen molar-refractivity contribution in [3.8, 4) is 0 Å². The Morgan fingerprint density at radius 2 is 2.25 bits per heavy atom. The van der Waals surface area contributed by atoms with Gasteiger partial charge in [-0.05, 0) is 12.8 Å². The minimum atomic E-state index is -0.117. The summed E-state index contributed by atoms with van der Waals surface area (Å²) in [5.74, 6) is 1.85. The van der Waals surface area contributed by atoms with Crippen LogP contribution >= 0.6 is 0 Å². The van der Waals surface area contributed by atoms with E-state index < -0.39 is 0 Å². The van der Waals surface area contributed by atoms with E-state index in [2.05, 4.69) is 23.8 Å². The van der Waals surface area contributed by atoms with Gasteiger partial charge in [0.15, 0.2) is 0 Å². The molecule has 0 bridgehead atoms. The van der Waals surface area contributed by atoms with Crippen LogP contribution in [0.5, 0.6) is 0 Å². The largest absolute Gasteiger partial charge is 0.355 e. The first-order chi connectivity index (χ1) is 7.52. The van der Waals surface area contributed by atoms with Gasteiger partial charge in [-0.3, -0.25) is 4.79 Å². The summed E-state index contributed by atoms with van der Waals surface area (Å²) in [5, 5.41) is 0. The molecule has 0 amide bonds. The summed E-state index contributed by atoms with van der Waals surface area (Å²) in [6, 6.07) is 1.52. The molecule has 1 aromatic rings. The molecular formula is C11H20N4O. The highest BCUT2D eigenvalue weighted by Gasteiger charge is 2.10. The molecule has 1 heterocycles. The highest BCUT2D eigenvalue weighted by atomic mass is 16.1. The maximum Gasteiger partial charge on any atom is 0.252 e. The Labute approximate surface area is 95.7 Å². The first-order valence-electron chi connectivity index (χ1n) is 5.56. The van der Waals surface area contributed by atoms with Gasteiger partial charge >= 0.3 is 0 Å². The van der Waals surface area contributed by atoms with Crippen molar-refractivity contribution < 1.29 is 0 Å². The fourth-order valence-corrected chi connectivity index (χ4v) is 1.62. The van der Waals surface area contributed by atoms with E-state index in [0.29, 0.717) is 30.6 Å². The van der Waals surface area contributed by atoms with Gasteiger partial charge < -0.3 is 15.6 Å². The van der Waals surface area contributed by atoms with Gasteiger partial charge in [0.05, 0.1) is 0 Å². The third-order valence-electron chi connectivity index (χ3n) is 2.16. The topological polar surface area (TPSA) is 75.0 Å². The molecule has 5 nitrogen and oxygen atoms in total. The lowest BCUT2D eigenvalue weighted by atomic mass is 10.2. The van der Waals surface area contributed by atoms with Crippen LogP contribution in [0.3, 0.4) is 0 Å². The quantitative estimate of drug-likeness (QED) is 0.763. The van der Waals surface area contributed by atoms with Crippen molar-refractivity contribution in [2.24, 2.45) is 11.7 Å². The van der Waals surface area contributed by atoms with Gasteiger partial charge in [0.25, 0.3) is 5.56 Å². The Morgan fingerprint density at radius 1 is 1.56 bits per heavy atom. The lowest BCUT2D eigenvalue weighted by Crippen LogP contribution is -2.34. The van der Waals surface area contributed by atoms with Crippen molar-refractivity contribution in [2.75, 3.05) is 24.5 Å². The molecule has 16 heavy (non-hydrogen) atoms. The highest BCUT2D eigenvalue weighted by Crippen LogP contribution is 2.09. The predicted octanol–water partition coefficient (Wildman–Crippen LogP) is 0.499. The van der Waals surface area contributed by atoms with Crippen LogP contribution < -0.4 is 16.2 Å². The van der Waals surface area contributed by atoms with Crippen LogP contribution in [-0.4, -0.2) is 29.6 Å². The lowest BCUT2D eigenvalue weighted by molar-refractivity contribution is 0.606. The molecular weight excluding hydrogens is 204 g/mol. The first-order valence-corrected chi connectivity index (χ1v) is 5.56. The molecule has 0 radical (unpaired) electrons. The third-order valence-corrected chi connectivity index (χ3v) is 2.16. The van der Waals surface area contributed by atoms with Gasteiger partial charge in [-0.15, -0.1) is 0 Å². The maximum atomic E-state index is 11.4. The van der Waals surface area contributed by atoms with E-state index in [4.69, 9.17) is 5.73 Å². The molecule has 0 unspecified atom stereocenters. The summed E-state index contributed by atoms with van der Waals surface area (Å²) < 4.78 is 0. The second-order valence-corrected chi connectivity index (χ2v) is 4.32. The molecule has 0 fully saturated rings. The SMILES string of the molecule is Cc1nc(N(CCN)CC(C)C)cc(=O)[nH]1. The van der Waals surface area contributed by atoms with Crippen molar-refractivity contribution >= 4 is 5.82 Å². The van der Waals surface area contributed by atoms with Crippen LogP contribution in [0.1, 0.15) is 19.7 Å². The molecule has 90 valence electrons. The molecule has 5 heteroatoms. The fourth-order valence-electron chi connectivity index (χ4n) is 1.62. The van der Waals surface area contributed by atoms with Gasteiger partial charge in [0.2, 0.25) is 0 Å². The molecule has 0 saturated heterocycles. The monoisotopic (exact) mass is 224 g/mol. The van der Waals surface area contributed by atoms with Crippen molar-refractivity contribution in [1.82, 2.24) is 9.97 Å². The molecule has 0 saturated carbocycles. The molecule has 0 aromatic carbocycles. The molecule has 3 N–H and O–H groups in total. The van der Waals surface area contributed by atoms with E-state index in [1.165, 1.54) is 6.07 Å². The number of nitrogens with zero attached hydrogens (tertiary/aromatic N) is 2. The van der Waals surface area contributed by atoms with Crippen molar-refractivity contribution in [3.63, 3.8) is 0 Å². The van der Waals surface area contributed by atoms with E-state index in [1.54, 1.807) is 6.92 Å². The predicted molar refractivity (Wildman–Crippen MR) is 65.7 cm³/mol. The molecule has 1 rings (SSSR count). The highest BCUT2D eigenvalue weighted by molar-refractivity contribution is 5.37. The Hall–Kier alpha value is -1.36. The number of rotatable bonds is 5. The molecule has 1 aromatic heterocycles. The van der Waals surface area contributed by atoms with Gasteiger partial charge in [0, 0.05) is 25.7 Å². The zero-order valence-electron chi connectivity index (χ0n) is 10.2. The number of anilines is 1. The Balaban J connectivity index is 2.95. The number of aromatic nitrogens is 2.